The van der Waals surface area contributed by atoms with Crippen LogP contribution in [0.25, 0.3) is 16.6 Å². The highest BCUT2D eigenvalue weighted by Gasteiger charge is 2.21. The van der Waals surface area contributed by atoms with E-state index in [9.17, 15) is 9.18 Å². The van der Waals surface area contributed by atoms with Gasteiger partial charge in [-0.05, 0) is 54.3 Å². The maximum Gasteiger partial charge on any atom is 0.423 e. The number of halogens is 1. The Morgan fingerprint density at radius 1 is 1.03 bits per heavy atom. The van der Waals surface area contributed by atoms with Crippen molar-refractivity contribution in [3.05, 3.63) is 93.7 Å². The molecule has 0 radical (unpaired) electrons. The van der Waals surface area contributed by atoms with Crippen LogP contribution in [-0.2, 0) is 19.5 Å². The molecule has 5 rings (SSSR count). The van der Waals surface area contributed by atoms with Crippen molar-refractivity contribution in [2.24, 2.45) is 0 Å². The lowest BCUT2D eigenvalue weighted by Crippen LogP contribution is -2.29. The minimum atomic E-state index is -0.301. The van der Waals surface area contributed by atoms with Crippen molar-refractivity contribution in [1.82, 2.24) is 24.0 Å². The minimum Gasteiger partial charge on any atom is -0.273 e. The van der Waals surface area contributed by atoms with Crippen molar-refractivity contribution in [2.45, 2.75) is 33.4 Å². The third-order valence-electron chi connectivity index (χ3n) is 5.47. The van der Waals surface area contributed by atoms with Crippen LogP contribution in [0.4, 0.5) is 4.39 Å². The van der Waals surface area contributed by atoms with Gasteiger partial charge in [0.05, 0.1) is 41.2 Å². The maximum atomic E-state index is 13.3. The molecule has 0 amide bonds. The van der Waals surface area contributed by atoms with E-state index in [0.717, 1.165) is 27.9 Å². The number of para-hydroxylation sites is 1. The Morgan fingerprint density at radius 3 is 2.55 bits per heavy atom. The third-order valence-corrected chi connectivity index (χ3v) is 5.47. The van der Waals surface area contributed by atoms with Gasteiger partial charge in [0.2, 0.25) is 0 Å². The second-order valence-electron chi connectivity index (χ2n) is 7.74. The topological polar surface area (TPSA) is 71.3 Å². The van der Waals surface area contributed by atoms with Crippen molar-refractivity contribution in [3.8, 4) is 0 Å². The van der Waals surface area contributed by atoms with Gasteiger partial charge in [0.15, 0.2) is 0 Å². The van der Waals surface area contributed by atoms with Crippen molar-refractivity contribution < 1.29 is 9.37 Å². The molecular weight excluding hydrogens is 395 g/mol. The summed E-state index contributed by atoms with van der Waals surface area (Å²) in [5.41, 5.74) is 4.13. The first-order valence-electron chi connectivity index (χ1n) is 10.2. The molecule has 0 saturated carbocycles. The van der Waals surface area contributed by atoms with E-state index in [4.69, 9.17) is 0 Å². The number of aromatic amines is 1. The molecule has 5 aromatic rings. The molecule has 3 aromatic heterocycles. The van der Waals surface area contributed by atoms with E-state index >= 15 is 0 Å². The molecular formula is C23H22FN6O+. The SMILES string of the molecule is Cc1cc(C)n(CCc2nn3c(=O)n(Cc4ccc(F)cc4)c4ccccc4c3[nH+]2)n1. The molecule has 2 aromatic carbocycles. The van der Waals surface area contributed by atoms with E-state index in [1.54, 1.807) is 16.7 Å². The molecule has 0 bridgehead atoms. The Balaban J connectivity index is 1.58. The van der Waals surface area contributed by atoms with Gasteiger partial charge in [-0.25, -0.2) is 14.2 Å². The van der Waals surface area contributed by atoms with Crippen LogP contribution in [0.5, 0.6) is 0 Å². The molecule has 3 heterocycles. The second kappa shape index (κ2) is 7.46. The highest BCUT2D eigenvalue weighted by Crippen LogP contribution is 2.17. The number of nitrogens with zero attached hydrogens (tertiary/aromatic N) is 5. The molecule has 8 heteroatoms. The van der Waals surface area contributed by atoms with Gasteiger partial charge in [0.1, 0.15) is 5.82 Å². The van der Waals surface area contributed by atoms with E-state index in [1.807, 2.05) is 48.9 Å². The molecule has 7 nitrogen and oxygen atoms in total. The fourth-order valence-electron chi connectivity index (χ4n) is 3.98. The Bertz CT molecular complexity index is 1460. The monoisotopic (exact) mass is 417 g/mol. The van der Waals surface area contributed by atoms with Crippen LogP contribution in [0, 0.1) is 19.7 Å². The predicted octanol–water partition coefficient (Wildman–Crippen LogP) is 2.71. The summed E-state index contributed by atoms with van der Waals surface area (Å²) in [6, 6.07) is 15.9. The summed E-state index contributed by atoms with van der Waals surface area (Å²) in [7, 11) is 0. The molecule has 156 valence electrons. The van der Waals surface area contributed by atoms with E-state index < -0.39 is 0 Å². The van der Waals surface area contributed by atoms with Gasteiger partial charge in [-0.15, -0.1) is 0 Å². The number of aryl methyl sites for hydroxylation is 4. The van der Waals surface area contributed by atoms with Crippen molar-refractivity contribution in [2.75, 3.05) is 0 Å². The number of aromatic nitrogens is 6. The zero-order valence-corrected chi connectivity index (χ0v) is 17.3. The predicted molar refractivity (Wildman–Crippen MR) is 114 cm³/mol. The first kappa shape index (κ1) is 19.2. The van der Waals surface area contributed by atoms with Gasteiger partial charge in [-0.1, -0.05) is 24.3 Å². The number of rotatable bonds is 5. The quantitative estimate of drug-likeness (QED) is 0.441. The van der Waals surface area contributed by atoms with E-state index in [1.165, 1.54) is 16.6 Å². The van der Waals surface area contributed by atoms with Crippen molar-refractivity contribution >= 4 is 16.6 Å². The maximum absolute atomic E-state index is 13.3. The largest absolute Gasteiger partial charge is 0.423 e. The molecule has 31 heavy (non-hydrogen) atoms. The van der Waals surface area contributed by atoms with Crippen LogP contribution in [-0.4, -0.2) is 24.0 Å². The third kappa shape index (κ3) is 3.50. The Hall–Kier alpha value is -3.81. The Morgan fingerprint density at radius 2 is 1.81 bits per heavy atom. The van der Waals surface area contributed by atoms with Crippen LogP contribution < -0.4 is 10.7 Å². The number of H-pyrrole nitrogens is 1. The first-order chi connectivity index (χ1) is 15.0. The van der Waals surface area contributed by atoms with Gasteiger partial charge in [-0.3, -0.25) is 9.25 Å². The molecule has 0 atom stereocenters. The van der Waals surface area contributed by atoms with E-state index in [0.29, 0.717) is 31.0 Å². The highest BCUT2D eigenvalue weighted by molar-refractivity contribution is 5.89. The zero-order valence-electron chi connectivity index (χ0n) is 17.3. The summed E-state index contributed by atoms with van der Waals surface area (Å²) >= 11 is 0. The Kier molecular flexibility index (Phi) is 4.62. The summed E-state index contributed by atoms with van der Waals surface area (Å²) in [6.45, 7) is 4.99. The van der Waals surface area contributed by atoms with Gasteiger partial charge in [0, 0.05) is 5.69 Å². The molecule has 0 fully saturated rings. The molecule has 0 spiro atoms. The average molecular weight is 417 g/mol. The summed E-state index contributed by atoms with van der Waals surface area (Å²) < 4.78 is 18.3. The number of hydrogen-bond donors (Lipinski definition) is 0. The fourth-order valence-corrected chi connectivity index (χ4v) is 3.98. The van der Waals surface area contributed by atoms with Crippen LogP contribution in [0.1, 0.15) is 22.8 Å². The normalized spacial score (nSPS) is 11.6. The molecule has 0 saturated heterocycles. The first-order valence-corrected chi connectivity index (χ1v) is 10.2. The molecule has 0 aliphatic heterocycles. The minimum absolute atomic E-state index is 0.244. The summed E-state index contributed by atoms with van der Waals surface area (Å²) in [4.78, 5) is 16.6. The van der Waals surface area contributed by atoms with Crippen LogP contribution in [0.15, 0.2) is 59.4 Å². The smallest absolute Gasteiger partial charge is 0.273 e. The van der Waals surface area contributed by atoms with Crippen LogP contribution in [0.2, 0.25) is 0 Å². The summed E-state index contributed by atoms with van der Waals surface area (Å²) in [6.07, 6.45) is 0.620. The van der Waals surface area contributed by atoms with Crippen LogP contribution in [0.3, 0.4) is 0 Å². The van der Waals surface area contributed by atoms with Gasteiger partial charge in [0.25, 0.3) is 11.5 Å². The van der Waals surface area contributed by atoms with E-state index in [2.05, 4.69) is 15.2 Å². The fraction of sp³-hybridized carbons (Fsp3) is 0.217. The second-order valence-corrected chi connectivity index (χ2v) is 7.74. The van der Waals surface area contributed by atoms with Crippen molar-refractivity contribution in [3.63, 3.8) is 0 Å². The van der Waals surface area contributed by atoms with Gasteiger partial charge < -0.3 is 0 Å². The lowest BCUT2D eigenvalue weighted by molar-refractivity contribution is -0.358. The Labute approximate surface area is 177 Å². The molecule has 1 N–H and O–H groups in total. The average Bonchev–Trinajstić information content (AvgIpc) is 3.33. The molecule has 0 aliphatic rings. The lowest BCUT2D eigenvalue weighted by atomic mass is 10.2. The van der Waals surface area contributed by atoms with E-state index in [-0.39, 0.29) is 11.5 Å². The summed E-state index contributed by atoms with van der Waals surface area (Å²) in [5.74, 6) is 0.416. The zero-order chi connectivity index (χ0) is 21.5. The highest BCUT2D eigenvalue weighted by atomic mass is 19.1. The standard InChI is InChI=1S/C23H21FN6O/c1-15-13-16(2)29(26-15)12-11-21-25-22-19-5-3-4-6-20(19)28(23(31)30(22)27-21)14-17-7-9-18(24)10-8-17/h3-10,13H,11-12,14H2,1-2H3/p+1. The molecule has 0 unspecified atom stereocenters. The number of fused-ring (bicyclic) bond motifs is 3. The van der Waals surface area contributed by atoms with Gasteiger partial charge >= 0.3 is 5.69 Å². The lowest BCUT2D eigenvalue weighted by Gasteiger charge is -2.08. The number of benzene rings is 2. The van der Waals surface area contributed by atoms with Crippen molar-refractivity contribution in [1.29, 1.82) is 0 Å². The summed E-state index contributed by atoms with van der Waals surface area (Å²) in [5, 5.41) is 9.94. The van der Waals surface area contributed by atoms with Gasteiger partial charge in [-0.2, -0.15) is 5.10 Å². The molecule has 0 aliphatic carbocycles. The number of nitrogens with one attached hydrogen (secondary N) is 1. The van der Waals surface area contributed by atoms with Crippen LogP contribution >= 0.6 is 0 Å². The number of hydrogen-bond acceptors (Lipinski definition) is 3.